The first-order chi connectivity index (χ1) is 11.4. The molecule has 0 saturated carbocycles. The molecule has 1 saturated heterocycles. The van der Waals surface area contributed by atoms with E-state index in [0.29, 0.717) is 30.6 Å². The summed E-state index contributed by atoms with van der Waals surface area (Å²) in [6, 6.07) is 10.9. The first-order valence-electron chi connectivity index (χ1n) is 7.87. The SMILES string of the molecule is CN1CC[C@@](O)(c2ccc(F)cc2)[C@H](C(=O)c2ccc(F)cc2)C1. The monoisotopic (exact) mass is 331 g/mol. The van der Waals surface area contributed by atoms with Crippen LogP contribution in [-0.2, 0) is 5.60 Å². The molecule has 5 heteroatoms. The highest BCUT2D eigenvalue weighted by atomic mass is 19.1. The molecule has 126 valence electrons. The standard InChI is InChI=1S/C19H19F2NO2/c1-22-11-10-19(24,14-4-8-16(21)9-5-14)17(12-22)18(23)13-2-6-15(20)7-3-13/h2-9,17,24H,10-12H2,1H3/t17-,19+/m0/s1. The zero-order valence-electron chi connectivity index (χ0n) is 13.4. The van der Waals surface area contributed by atoms with Gasteiger partial charge in [-0.05, 0) is 55.4 Å². The molecule has 1 fully saturated rings. The van der Waals surface area contributed by atoms with Crippen molar-refractivity contribution in [1.82, 2.24) is 4.90 Å². The lowest BCUT2D eigenvalue weighted by Gasteiger charge is -2.43. The number of Topliss-reactive ketones (excluding diaryl/α,β-unsaturated/α-hetero) is 1. The van der Waals surface area contributed by atoms with Crippen molar-refractivity contribution in [2.24, 2.45) is 5.92 Å². The Kier molecular flexibility index (Phi) is 4.47. The summed E-state index contributed by atoms with van der Waals surface area (Å²) in [6.07, 6.45) is 0.368. The van der Waals surface area contributed by atoms with Crippen molar-refractivity contribution < 1.29 is 18.7 Å². The maximum Gasteiger partial charge on any atom is 0.170 e. The minimum Gasteiger partial charge on any atom is -0.384 e. The molecule has 2 aromatic rings. The third-order valence-corrected chi connectivity index (χ3v) is 4.73. The maximum atomic E-state index is 13.2. The Bertz CT molecular complexity index is 730. The van der Waals surface area contributed by atoms with Gasteiger partial charge in [0.2, 0.25) is 0 Å². The fraction of sp³-hybridized carbons (Fsp3) is 0.316. The highest BCUT2D eigenvalue weighted by molar-refractivity contribution is 5.99. The molecular weight excluding hydrogens is 312 g/mol. The van der Waals surface area contributed by atoms with Crippen molar-refractivity contribution >= 4 is 5.78 Å². The summed E-state index contributed by atoms with van der Waals surface area (Å²) in [5.41, 5.74) is -0.485. The van der Waals surface area contributed by atoms with Gasteiger partial charge in [0.1, 0.15) is 17.2 Å². The van der Waals surface area contributed by atoms with E-state index in [1.54, 1.807) is 0 Å². The minimum atomic E-state index is -1.37. The molecule has 0 amide bonds. The van der Waals surface area contributed by atoms with Gasteiger partial charge in [0.15, 0.2) is 5.78 Å². The van der Waals surface area contributed by atoms with E-state index in [-0.39, 0.29) is 5.78 Å². The number of benzene rings is 2. The molecule has 0 spiro atoms. The number of likely N-dealkylation sites (tertiary alicyclic amines) is 1. The molecule has 0 unspecified atom stereocenters. The van der Waals surface area contributed by atoms with Crippen molar-refractivity contribution in [3.05, 3.63) is 71.3 Å². The number of hydrogen-bond donors (Lipinski definition) is 1. The summed E-state index contributed by atoms with van der Waals surface area (Å²) in [5.74, 6) is -1.75. The molecule has 3 nitrogen and oxygen atoms in total. The van der Waals surface area contributed by atoms with Gasteiger partial charge >= 0.3 is 0 Å². The Labute approximate surface area is 139 Å². The van der Waals surface area contributed by atoms with Gasteiger partial charge in [-0.15, -0.1) is 0 Å². The number of rotatable bonds is 3. The predicted molar refractivity (Wildman–Crippen MR) is 86.6 cm³/mol. The Balaban J connectivity index is 1.98. The number of carbonyl (C=O) groups is 1. The first kappa shape index (κ1) is 16.7. The molecule has 1 aliphatic rings. The molecule has 0 bridgehead atoms. The van der Waals surface area contributed by atoms with E-state index in [0.717, 1.165) is 0 Å². The molecule has 2 aromatic carbocycles. The van der Waals surface area contributed by atoms with Gasteiger partial charge in [-0.25, -0.2) is 8.78 Å². The lowest BCUT2D eigenvalue weighted by Crippen LogP contribution is -2.52. The van der Waals surface area contributed by atoms with E-state index < -0.39 is 23.2 Å². The zero-order chi connectivity index (χ0) is 17.3. The second kappa shape index (κ2) is 6.42. The van der Waals surface area contributed by atoms with E-state index >= 15 is 0 Å². The topological polar surface area (TPSA) is 40.5 Å². The highest BCUT2D eigenvalue weighted by Gasteiger charge is 2.46. The Hall–Kier alpha value is -2.11. The average molecular weight is 331 g/mol. The van der Waals surface area contributed by atoms with Gasteiger partial charge in [0.05, 0.1) is 5.92 Å². The van der Waals surface area contributed by atoms with Crippen LogP contribution >= 0.6 is 0 Å². The van der Waals surface area contributed by atoms with Gasteiger partial charge in [0, 0.05) is 18.7 Å². The van der Waals surface area contributed by atoms with Crippen LogP contribution in [-0.4, -0.2) is 35.9 Å². The zero-order valence-corrected chi connectivity index (χ0v) is 13.4. The fourth-order valence-electron chi connectivity index (χ4n) is 3.29. The average Bonchev–Trinajstić information content (AvgIpc) is 2.58. The maximum absolute atomic E-state index is 13.2. The molecule has 1 heterocycles. The summed E-state index contributed by atoms with van der Waals surface area (Å²) in [7, 11) is 1.88. The second-order valence-corrected chi connectivity index (χ2v) is 6.37. The van der Waals surface area contributed by atoms with Gasteiger partial charge in [-0.3, -0.25) is 4.79 Å². The van der Waals surface area contributed by atoms with Crippen molar-refractivity contribution in [1.29, 1.82) is 0 Å². The Morgan fingerprint density at radius 3 is 2.21 bits per heavy atom. The number of aliphatic hydroxyl groups is 1. The second-order valence-electron chi connectivity index (χ2n) is 6.37. The third-order valence-electron chi connectivity index (χ3n) is 4.73. The van der Waals surface area contributed by atoms with Crippen molar-refractivity contribution in [3.8, 4) is 0 Å². The van der Waals surface area contributed by atoms with Crippen molar-refractivity contribution in [2.75, 3.05) is 20.1 Å². The molecule has 0 aromatic heterocycles. The minimum absolute atomic E-state index is 0.242. The lowest BCUT2D eigenvalue weighted by molar-refractivity contribution is -0.0594. The van der Waals surface area contributed by atoms with Crippen molar-refractivity contribution in [3.63, 3.8) is 0 Å². The van der Waals surface area contributed by atoms with Crippen LogP contribution in [0.2, 0.25) is 0 Å². The third kappa shape index (κ3) is 3.09. The Morgan fingerprint density at radius 2 is 1.62 bits per heavy atom. The normalized spacial score (nSPS) is 24.8. The first-order valence-corrected chi connectivity index (χ1v) is 7.87. The van der Waals surface area contributed by atoms with Crippen LogP contribution in [0.5, 0.6) is 0 Å². The van der Waals surface area contributed by atoms with E-state index in [1.807, 2.05) is 11.9 Å². The van der Waals surface area contributed by atoms with Crippen LogP contribution in [0.15, 0.2) is 48.5 Å². The van der Waals surface area contributed by atoms with Gasteiger partial charge < -0.3 is 10.0 Å². The molecule has 1 N–H and O–H groups in total. The van der Waals surface area contributed by atoms with Gasteiger partial charge in [-0.1, -0.05) is 12.1 Å². The van der Waals surface area contributed by atoms with Crippen LogP contribution < -0.4 is 0 Å². The summed E-state index contributed by atoms with van der Waals surface area (Å²) in [4.78, 5) is 14.9. The summed E-state index contributed by atoms with van der Waals surface area (Å²) in [5, 5.41) is 11.3. The molecule has 1 aliphatic heterocycles. The lowest BCUT2D eigenvalue weighted by atomic mass is 9.73. The number of ketones is 1. The van der Waals surface area contributed by atoms with Crippen molar-refractivity contribution in [2.45, 2.75) is 12.0 Å². The molecule has 0 radical (unpaired) electrons. The summed E-state index contributed by atoms with van der Waals surface area (Å²) >= 11 is 0. The quantitative estimate of drug-likeness (QED) is 0.879. The van der Waals surface area contributed by atoms with Gasteiger partial charge in [0.25, 0.3) is 0 Å². The van der Waals surface area contributed by atoms with Crippen LogP contribution in [0.1, 0.15) is 22.3 Å². The molecular formula is C19H19F2NO2. The van der Waals surface area contributed by atoms with Crippen LogP contribution in [0.3, 0.4) is 0 Å². The number of nitrogens with zero attached hydrogens (tertiary/aromatic N) is 1. The molecule has 3 rings (SSSR count). The van der Waals surface area contributed by atoms with Crippen LogP contribution in [0.25, 0.3) is 0 Å². The fourth-order valence-corrected chi connectivity index (χ4v) is 3.29. The summed E-state index contributed by atoms with van der Waals surface area (Å²) < 4.78 is 26.3. The van der Waals surface area contributed by atoms with Crippen LogP contribution in [0.4, 0.5) is 8.78 Å². The van der Waals surface area contributed by atoms with E-state index in [2.05, 4.69) is 0 Å². The molecule has 2 atom stereocenters. The van der Waals surface area contributed by atoms with E-state index in [1.165, 1.54) is 48.5 Å². The summed E-state index contributed by atoms with van der Waals surface area (Å²) in [6.45, 7) is 1.01. The number of carbonyl (C=O) groups excluding carboxylic acids is 1. The highest BCUT2D eigenvalue weighted by Crippen LogP contribution is 2.39. The molecule has 0 aliphatic carbocycles. The van der Waals surface area contributed by atoms with E-state index in [4.69, 9.17) is 0 Å². The van der Waals surface area contributed by atoms with Crippen LogP contribution in [0, 0.1) is 17.6 Å². The number of hydrogen-bond acceptors (Lipinski definition) is 3. The Morgan fingerprint density at radius 1 is 1.08 bits per heavy atom. The predicted octanol–water partition coefficient (Wildman–Crippen LogP) is 2.99. The largest absolute Gasteiger partial charge is 0.384 e. The molecule has 24 heavy (non-hydrogen) atoms. The number of halogens is 2. The number of piperidine rings is 1. The van der Waals surface area contributed by atoms with E-state index in [9.17, 15) is 18.7 Å². The van der Waals surface area contributed by atoms with Gasteiger partial charge in [-0.2, -0.15) is 0 Å². The smallest absolute Gasteiger partial charge is 0.170 e.